The number of aromatic nitrogens is 2. The molecule has 0 radical (unpaired) electrons. The second kappa shape index (κ2) is 11.4. The lowest BCUT2D eigenvalue weighted by molar-refractivity contribution is 0.594. The molecule has 3 heteroatoms. The Kier molecular flexibility index (Phi) is 6.23. The summed E-state index contributed by atoms with van der Waals surface area (Å²) in [7, 11) is 0. The molecule has 3 aliphatic carbocycles. The van der Waals surface area contributed by atoms with Crippen LogP contribution in [0.25, 0.3) is 78.1 Å². The van der Waals surface area contributed by atoms with Crippen LogP contribution in [0.15, 0.2) is 192 Å². The van der Waals surface area contributed by atoms with Gasteiger partial charge in [0.25, 0.3) is 0 Å². The van der Waals surface area contributed by atoms with Crippen molar-refractivity contribution in [3.05, 3.63) is 227 Å². The number of hydrogen-bond acceptors (Lipinski definition) is 3. The second-order valence-electron chi connectivity index (χ2n) is 16.1. The zero-order chi connectivity index (χ0) is 38.2. The van der Waals surface area contributed by atoms with Gasteiger partial charge in [-0.25, -0.2) is 9.97 Å². The van der Waals surface area contributed by atoms with Crippen LogP contribution in [0.1, 0.15) is 45.9 Å². The molecule has 6 bridgehead atoms. The van der Waals surface area contributed by atoms with Crippen molar-refractivity contribution in [2.45, 2.75) is 17.8 Å². The van der Waals surface area contributed by atoms with Gasteiger partial charge in [0, 0.05) is 32.9 Å². The quantitative estimate of drug-likeness (QED) is 0.177. The minimum Gasteiger partial charge on any atom is -0.456 e. The van der Waals surface area contributed by atoms with E-state index in [0.29, 0.717) is 5.82 Å². The van der Waals surface area contributed by atoms with Gasteiger partial charge >= 0.3 is 0 Å². The molecular weight excluding hydrogens is 705 g/mol. The molecule has 10 aromatic rings. The lowest BCUT2D eigenvalue weighted by atomic mass is 9.53. The average Bonchev–Trinajstić information content (AvgIpc) is 3.81. The van der Waals surface area contributed by atoms with Crippen molar-refractivity contribution in [1.82, 2.24) is 9.97 Å². The Bertz CT molecular complexity index is 3320. The highest BCUT2D eigenvalue weighted by atomic mass is 16.3. The van der Waals surface area contributed by atoms with E-state index in [2.05, 4.69) is 189 Å². The van der Waals surface area contributed by atoms with Crippen molar-refractivity contribution in [3.8, 4) is 56.2 Å². The van der Waals surface area contributed by atoms with E-state index in [0.717, 1.165) is 50.0 Å². The first-order valence-electron chi connectivity index (χ1n) is 20.1. The van der Waals surface area contributed by atoms with E-state index in [4.69, 9.17) is 14.4 Å². The van der Waals surface area contributed by atoms with E-state index in [1.807, 2.05) is 6.07 Å². The number of rotatable bonds is 2. The van der Waals surface area contributed by atoms with Gasteiger partial charge in [-0.15, -0.1) is 0 Å². The number of hydrogen-bond donors (Lipinski definition) is 0. The molecule has 2 aromatic heterocycles. The zero-order valence-electron chi connectivity index (χ0n) is 31.7. The summed E-state index contributed by atoms with van der Waals surface area (Å²) in [6.07, 6.45) is 0. The molecule has 8 aromatic carbocycles. The molecule has 0 aliphatic heterocycles. The molecule has 0 saturated heterocycles. The van der Waals surface area contributed by atoms with Gasteiger partial charge < -0.3 is 4.42 Å². The molecule has 3 nitrogen and oxygen atoms in total. The predicted octanol–water partition coefficient (Wildman–Crippen LogP) is 13.4. The third-order valence-electron chi connectivity index (χ3n) is 13.4. The van der Waals surface area contributed by atoms with E-state index < -0.39 is 10.8 Å². The van der Waals surface area contributed by atoms with Gasteiger partial charge in [0.1, 0.15) is 11.2 Å². The normalized spacial score (nSPS) is 16.2. The fraction of sp³-hybridized carbons (Fsp3) is 0.0545. The van der Waals surface area contributed by atoms with Gasteiger partial charge in [0.15, 0.2) is 5.82 Å². The van der Waals surface area contributed by atoms with Crippen molar-refractivity contribution in [3.63, 3.8) is 0 Å². The summed E-state index contributed by atoms with van der Waals surface area (Å²) in [5, 5.41) is 2.16. The van der Waals surface area contributed by atoms with Gasteiger partial charge in [0.05, 0.1) is 16.8 Å². The van der Waals surface area contributed by atoms with Crippen LogP contribution < -0.4 is 0 Å². The van der Waals surface area contributed by atoms with Gasteiger partial charge in [-0.1, -0.05) is 158 Å². The average molecular weight is 739 g/mol. The monoisotopic (exact) mass is 738 g/mol. The minimum absolute atomic E-state index is 0.575. The molecule has 13 rings (SSSR count). The van der Waals surface area contributed by atoms with Crippen LogP contribution in [0.4, 0.5) is 0 Å². The predicted molar refractivity (Wildman–Crippen MR) is 234 cm³/mol. The topological polar surface area (TPSA) is 38.9 Å². The van der Waals surface area contributed by atoms with Crippen molar-refractivity contribution >= 4 is 21.9 Å². The summed E-state index contributed by atoms with van der Waals surface area (Å²) in [6.45, 7) is 2.46. The van der Waals surface area contributed by atoms with Crippen molar-refractivity contribution < 1.29 is 4.42 Å². The number of nitrogens with zero attached hydrogens (tertiary/aromatic N) is 2. The van der Waals surface area contributed by atoms with Crippen LogP contribution in [-0.4, -0.2) is 9.97 Å². The Morgan fingerprint density at radius 1 is 0.379 bits per heavy atom. The van der Waals surface area contributed by atoms with Gasteiger partial charge in [-0.3, -0.25) is 0 Å². The van der Waals surface area contributed by atoms with Crippen LogP contribution in [0.3, 0.4) is 0 Å². The molecule has 0 amide bonds. The summed E-state index contributed by atoms with van der Waals surface area (Å²) < 4.78 is 7.01. The Morgan fingerprint density at radius 2 is 1.00 bits per heavy atom. The molecule has 2 heterocycles. The van der Waals surface area contributed by atoms with Crippen LogP contribution in [0.2, 0.25) is 0 Å². The third kappa shape index (κ3) is 3.98. The number of benzene rings is 8. The fourth-order valence-electron chi connectivity index (χ4n) is 10.9. The first-order valence-corrected chi connectivity index (χ1v) is 20.1. The molecule has 0 N–H and O–H groups in total. The molecule has 58 heavy (non-hydrogen) atoms. The van der Waals surface area contributed by atoms with Crippen LogP contribution in [-0.2, 0) is 10.8 Å². The molecular formula is C55H34N2O. The Morgan fingerprint density at radius 3 is 1.74 bits per heavy atom. The smallest absolute Gasteiger partial charge is 0.160 e. The van der Waals surface area contributed by atoms with Crippen molar-refractivity contribution in [1.29, 1.82) is 0 Å². The number of furan rings is 1. The van der Waals surface area contributed by atoms with Gasteiger partial charge in [-0.2, -0.15) is 0 Å². The van der Waals surface area contributed by atoms with E-state index in [9.17, 15) is 0 Å². The molecule has 1 atom stereocenters. The van der Waals surface area contributed by atoms with Crippen molar-refractivity contribution in [2.24, 2.45) is 0 Å². The SMILES string of the molecule is CC12c3cc(ccc3-c3ccccc3)-c3cc(nc(-c4ccccc4)n3)-c3cccc4oc5cc(c1cc5c34)C1(c3ccccc3-c3ccccc31)c1ccccc12. The van der Waals surface area contributed by atoms with Crippen LogP contribution >= 0.6 is 0 Å². The summed E-state index contributed by atoms with van der Waals surface area (Å²) in [4.78, 5) is 10.6. The highest BCUT2D eigenvalue weighted by molar-refractivity contribution is 6.13. The largest absolute Gasteiger partial charge is 0.456 e. The highest BCUT2D eigenvalue weighted by Crippen LogP contribution is 2.64. The molecule has 1 spiro atoms. The molecule has 1 unspecified atom stereocenters. The minimum atomic E-state index is -0.602. The lowest BCUT2D eigenvalue weighted by Gasteiger charge is -2.48. The van der Waals surface area contributed by atoms with E-state index in [1.54, 1.807) is 0 Å². The van der Waals surface area contributed by atoms with Gasteiger partial charge in [0.2, 0.25) is 0 Å². The highest BCUT2D eigenvalue weighted by Gasteiger charge is 2.55. The molecule has 0 saturated carbocycles. The standard InChI is InChI=1S/C55H34N2O/c1-54-43-24-12-13-25-44(43)55(41-22-10-8-19-37(41)38-20-9-11-23-42(38)55)47-31-51-40(30-46(47)54)52-39(21-14-26-50(52)58-51)49-32-48(56-53(57-49)34-17-6-3-7-18-34)35-27-28-36(45(54)29-35)33-15-4-2-5-16-33/h2-32H,1H3. The van der Waals surface area contributed by atoms with Crippen molar-refractivity contribution in [2.75, 3.05) is 0 Å². The first-order chi connectivity index (χ1) is 28.6. The molecule has 270 valence electrons. The molecule has 3 aliphatic rings. The summed E-state index contributed by atoms with van der Waals surface area (Å²) in [5.74, 6) is 0.696. The first kappa shape index (κ1) is 31.8. The maximum atomic E-state index is 7.01. The Labute approximate surface area is 336 Å². The maximum Gasteiger partial charge on any atom is 0.160 e. The Balaban J connectivity index is 1.26. The summed E-state index contributed by atoms with van der Waals surface area (Å²) >= 11 is 0. The van der Waals surface area contributed by atoms with E-state index in [-0.39, 0.29) is 0 Å². The van der Waals surface area contributed by atoms with Crippen LogP contribution in [0.5, 0.6) is 0 Å². The fourth-order valence-corrected chi connectivity index (χ4v) is 10.9. The third-order valence-corrected chi connectivity index (χ3v) is 13.4. The Hall–Kier alpha value is -7.36. The molecule has 0 fully saturated rings. The second-order valence-corrected chi connectivity index (χ2v) is 16.1. The lowest BCUT2D eigenvalue weighted by Crippen LogP contribution is -2.42. The van der Waals surface area contributed by atoms with E-state index >= 15 is 0 Å². The summed E-state index contributed by atoms with van der Waals surface area (Å²) in [6, 6.07) is 68.8. The van der Waals surface area contributed by atoms with Gasteiger partial charge in [-0.05, 0) is 98.5 Å². The van der Waals surface area contributed by atoms with E-state index in [1.165, 1.54) is 61.2 Å². The maximum absolute atomic E-state index is 7.01. The van der Waals surface area contributed by atoms with Crippen LogP contribution in [0, 0.1) is 0 Å². The summed E-state index contributed by atoms with van der Waals surface area (Å²) in [5.41, 5.74) is 19.2. The number of fused-ring (bicyclic) bond motifs is 16. The zero-order valence-corrected chi connectivity index (χ0v) is 31.7.